The second kappa shape index (κ2) is 9.60. The lowest BCUT2D eigenvalue weighted by atomic mass is 10.1. The summed E-state index contributed by atoms with van der Waals surface area (Å²) in [6, 6.07) is 14.6. The summed E-state index contributed by atoms with van der Waals surface area (Å²) in [6.45, 7) is 4.77. The van der Waals surface area contributed by atoms with Gasteiger partial charge in [0.05, 0.1) is 18.7 Å². The van der Waals surface area contributed by atoms with Gasteiger partial charge in [-0.05, 0) is 67.4 Å². The van der Waals surface area contributed by atoms with Crippen molar-refractivity contribution in [3.63, 3.8) is 0 Å². The van der Waals surface area contributed by atoms with Crippen LogP contribution in [0.2, 0.25) is 0 Å². The number of rotatable bonds is 7. The Morgan fingerprint density at radius 3 is 2.33 bits per heavy atom. The molecule has 1 aliphatic heterocycles. The molecule has 8 nitrogen and oxygen atoms in total. The van der Waals surface area contributed by atoms with Gasteiger partial charge in [-0.25, -0.2) is 0 Å². The zero-order valence-electron chi connectivity index (χ0n) is 18.4. The Morgan fingerprint density at radius 2 is 1.73 bits per heavy atom. The monoisotopic (exact) mass is 446 g/mol. The summed E-state index contributed by atoms with van der Waals surface area (Å²) < 4.78 is 12.8. The van der Waals surface area contributed by atoms with Gasteiger partial charge in [-0.2, -0.15) is 5.10 Å². The van der Waals surface area contributed by atoms with E-state index in [-0.39, 0.29) is 11.9 Å². The molecule has 4 rings (SSSR count). The second-order valence-corrected chi connectivity index (χ2v) is 7.82. The predicted molar refractivity (Wildman–Crippen MR) is 124 cm³/mol. The smallest absolute Gasteiger partial charge is 0.252 e. The van der Waals surface area contributed by atoms with Gasteiger partial charge in [-0.3, -0.25) is 14.3 Å². The van der Waals surface area contributed by atoms with E-state index in [0.717, 1.165) is 24.2 Å². The number of piperidine rings is 1. The molecular formula is C25H26N4O4. The molecule has 1 aromatic heterocycles. The number of likely N-dealkylation sites (tertiary alicyclic amines) is 1. The molecule has 2 N–H and O–H groups in total. The lowest BCUT2D eigenvalue weighted by Gasteiger charge is -2.32. The van der Waals surface area contributed by atoms with E-state index in [9.17, 15) is 9.59 Å². The number of ether oxygens (including phenoxy) is 2. The number of hydrogen-bond acceptors (Lipinski definition) is 5. The zero-order valence-corrected chi connectivity index (χ0v) is 18.4. The predicted octanol–water partition coefficient (Wildman–Crippen LogP) is 3.80. The number of carbonyl (C=O) groups is 2. The summed E-state index contributed by atoms with van der Waals surface area (Å²) in [6.07, 6.45) is 4.70. The Kier molecular flexibility index (Phi) is 6.44. The standard InChI is InChI=1S/C25H26N4O4/c1-3-23(30)28-14-4-5-18(15-28)29-16-22(25(26)31)24(27-29)17-6-8-20(9-7-17)33-21-12-10-19(32-2)11-13-21/h3,6-13,16,18H,1,4-5,14-15H2,2H3,(H2,26,31)/t18-/m1/s1. The molecular weight excluding hydrogens is 420 g/mol. The lowest BCUT2D eigenvalue weighted by molar-refractivity contribution is -0.127. The molecule has 0 bridgehead atoms. The van der Waals surface area contributed by atoms with Gasteiger partial charge in [-0.1, -0.05) is 6.58 Å². The number of methoxy groups -OCH3 is 1. The number of aromatic nitrogens is 2. The Morgan fingerprint density at radius 1 is 1.09 bits per heavy atom. The molecule has 1 saturated heterocycles. The van der Waals surface area contributed by atoms with Crippen LogP contribution in [-0.2, 0) is 4.79 Å². The van der Waals surface area contributed by atoms with Gasteiger partial charge in [0.1, 0.15) is 22.9 Å². The molecule has 8 heteroatoms. The van der Waals surface area contributed by atoms with E-state index in [1.54, 1.807) is 22.9 Å². The summed E-state index contributed by atoms with van der Waals surface area (Å²) in [7, 11) is 1.61. The maximum atomic E-state index is 12.1. The van der Waals surface area contributed by atoms with Crippen LogP contribution in [0.25, 0.3) is 11.3 Å². The number of carbonyl (C=O) groups excluding carboxylic acids is 2. The van der Waals surface area contributed by atoms with Crippen LogP contribution < -0.4 is 15.2 Å². The number of benzene rings is 2. The fourth-order valence-corrected chi connectivity index (χ4v) is 3.93. The quantitative estimate of drug-likeness (QED) is 0.557. The molecule has 170 valence electrons. The fourth-order valence-electron chi connectivity index (χ4n) is 3.93. The molecule has 33 heavy (non-hydrogen) atoms. The number of nitrogens with two attached hydrogens (primary N) is 1. The minimum atomic E-state index is -0.551. The third-order valence-corrected chi connectivity index (χ3v) is 5.68. The first-order valence-electron chi connectivity index (χ1n) is 10.7. The van der Waals surface area contributed by atoms with Crippen LogP contribution in [0.1, 0.15) is 29.2 Å². The van der Waals surface area contributed by atoms with Crippen molar-refractivity contribution >= 4 is 11.8 Å². The molecule has 1 aliphatic rings. The highest BCUT2D eigenvalue weighted by Gasteiger charge is 2.26. The average Bonchev–Trinajstić information content (AvgIpc) is 3.31. The lowest BCUT2D eigenvalue weighted by Crippen LogP contribution is -2.40. The molecule has 3 aromatic rings. The van der Waals surface area contributed by atoms with Crippen LogP contribution in [-0.4, -0.2) is 46.7 Å². The molecule has 0 saturated carbocycles. The first kappa shape index (κ1) is 22.1. The molecule has 0 aliphatic carbocycles. The number of primary amides is 1. The van der Waals surface area contributed by atoms with E-state index in [2.05, 4.69) is 11.7 Å². The highest BCUT2D eigenvalue weighted by atomic mass is 16.5. The number of hydrogen-bond donors (Lipinski definition) is 1. The summed E-state index contributed by atoms with van der Waals surface area (Å²) >= 11 is 0. The zero-order chi connectivity index (χ0) is 23.4. The Hall–Kier alpha value is -4.07. The van der Waals surface area contributed by atoms with Crippen LogP contribution in [0.4, 0.5) is 0 Å². The van der Waals surface area contributed by atoms with Crippen molar-refractivity contribution < 1.29 is 19.1 Å². The largest absolute Gasteiger partial charge is 0.497 e. The van der Waals surface area contributed by atoms with Gasteiger partial charge in [0.2, 0.25) is 5.91 Å². The van der Waals surface area contributed by atoms with Gasteiger partial charge >= 0.3 is 0 Å². The van der Waals surface area contributed by atoms with Crippen LogP contribution >= 0.6 is 0 Å². The van der Waals surface area contributed by atoms with Crippen molar-refractivity contribution in [3.05, 3.63) is 72.9 Å². The summed E-state index contributed by atoms with van der Waals surface area (Å²) in [4.78, 5) is 25.9. The van der Waals surface area contributed by atoms with E-state index in [0.29, 0.717) is 35.8 Å². The van der Waals surface area contributed by atoms with Crippen molar-refractivity contribution in [2.75, 3.05) is 20.2 Å². The average molecular weight is 447 g/mol. The van der Waals surface area contributed by atoms with E-state index in [4.69, 9.17) is 15.2 Å². The van der Waals surface area contributed by atoms with Crippen molar-refractivity contribution in [2.45, 2.75) is 18.9 Å². The maximum absolute atomic E-state index is 12.1. The van der Waals surface area contributed by atoms with Gasteiger partial charge < -0.3 is 20.1 Å². The van der Waals surface area contributed by atoms with Crippen molar-refractivity contribution in [1.29, 1.82) is 0 Å². The topological polar surface area (TPSA) is 99.7 Å². The SMILES string of the molecule is C=CC(=O)N1CCC[C@@H](n2cc(C(N)=O)c(-c3ccc(Oc4ccc(OC)cc4)cc3)n2)C1. The highest BCUT2D eigenvalue weighted by molar-refractivity contribution is 5.98. The summed E-state index contributed by atoms with van der Waals surface area (Å²) in [5, 5.41) is 4.68. The van der Waals surface area contributed by atoms with E-state index >= 15 is 0 Å². The number of amides is 2. The fraction of sp³-hybridized carbons (Fsp3) is 0.240. The Bertz CT molecular complexity index is 1150. The molecule has 0 radical (unpaired) electrons. The second-order valence-electron chi connectivity index (χ2n) is 7.82. The molecule has 2 amide bonds. The van der Waals surface area contributed by atoms with Crippen molar-refractivity contribution in [2.24, 2.45) is 5.73 Å². The molecule has 2 aromatic carbocycles. The Balaban J connectivity index is 1.55. The van der Waals surface area contributed by atoms with Crippen LogP contribution in [0.3, 0.4) is 0 Å². The third-order valence-electron chi connectivity index (χ3n) is 5.68. The normalized spacial score (nSPS) is 15.7. The first-order valence-corrected chi connectivity index (χ1v) is 10.7. The van der Waals surface area contributed by atoms with Crippen LogP contribution in [0.15, 0.2) is 67.4 Å². The minimum absolute atomic E-state index is 0.0350. The maximum Gasteiger partial charge on any atom is 0.252 e. The molecule has 1 atom stereocenters. The van der Waals surface area contributed by atoms with Gasteiger partial charge in [0, 0.05) is 24.8 Å². The minimum Gasteiger partial charge on any atom is -0.497 e. The molecule has 1 fully saturated rings. The van der Waals surface area contributed by atoms with Gasteiger partial charge in [0.25, 0.3) is 5.91 Å². The molecule has 0 unspecified atom stereocenters. The summed E-state index contributed by atoms with van der Waals surface area (Å²) in [5.74, 6) is 1.43. The highest BCUT2D eigenvalue weighted by Crippen LogP contribution is 2.30. The summed E-state index contributed by atoms with van der Waals surface area (Å²) in [5.41, 5.74) is 7.24. The third kappa shape index (κ3) is 4.90. The van der Waals surface area contributed by atoms with Gasteiger partial charge in [-0.15, -0.1) is 0 Å². The van der Waals surface area contributed by atoms with Crippen LogP contribution in [0.5, 0.6) is 17.2 Å². The molecule has 0 spiro atoms. The first-order chi connectivity index (χ1) is 16.0. The van der Waals surface area contributed by atoms with E-state index in [1.165, 1.54) is 6.08 Å². The van der Waals surface area contributed by atoms with Crippen molar-refractivity contribution in [3.8, 4) is 28.5 Å². The van der Waals surface area contributed by atoms with E-state index in [1.807, 2.05) is 48.5 Å². The van der Waals surface area contributed by atoms with Crippen molar-refractivity contribution in [1.82, 2.24) is 14.7 Å². The van der Waals surface area contributed by atoms with Crippen LogP contribution in [0, 0.1) is 0 Å². The van der Waals surface area contributed by atoms with Gasteiger partial charge in [0.15, 0.2) is 0 Å². The van der Waals surface area contributed by atoms with E-state index < -0.39 is 5.91 Å². The molecule has 2 heterocycles. The Labute approximate surface area is 192 Å². The number of nitrogens with zero attached hydrogens (tertiary/aromatic N) is 3.